The SMILES string of the molecule is CC(Oc1cccc(Br)c1)C(=O)N(C)C(C)CN. The molecular formula is C13H19BrN2O2. The lowest BCUT2D eigenvalue weighted by Gasteiger charge is -2.26. The molecule has 0 saturated heterocycles. The van der Waals surface area contributed by atoms with Gasteiger partial charge in [-0.2, -0.15) is 0 Å². The third kappa shape index (κ3) is 3.99. The van der Waals surface area contributed by atoms with Crippen LogP contribution in [-0.2, 0) is 4.79 Å². The van der Waals surface area contributed by atoms with Crippen LogP contribution in [0.3, 0.4) is 0 Å². The van der Waals surface area contributed by atoms with Crippen molar-refractivity contribution < 1.29 is 9.53 Å². The monoisotopic (exact) mass is 314 g/mol. The van der Waals surface area contributed by atoms with E-state index in [-0.39, 0.29) is 11.9 Å². The highest BCUT2D eigenvalue weighted by atomic mass is 79.9. The second-order valence-corrected chi connectivity index (χ2v) is 5.17. The number of carbonyl (C=O) groups excluding carboxylic acids is 1. The summed E-state index contributed by atoms with van der Waals surface area (Å²) in [6.07, 6.45) is -0.529. The highest BCUT2D eigenvalue weighted by Crippen LogP contribution is 2.19. The summed E-state index contributed by atoms with van der Waals surface area (Å²) in [6, 6.07) is 7.42. The Balaban J connectivity index is 2.65. The van der Waals surface area contributed by atoms with Crippen molar-refractivity contribution in [1.82, 2.24) is 4.90 Å². The first kappa shape index (κ1) is 15.0. The highest BCUT2D eigenvalue weighted by molar-refractivity contribution is 9.10. The molecule has 2 atom stereocenters. The maximum Gasteiger partial charge on any atom is 0.263 e. The number of amides is 1. The van der Waals surface area contributed by atoms with E-state index in [0.29, 0.717) is 12.3 Å². The first-order chi connectivity index (χ1) is 8.45. The summed E-state index contributed by atoms with van der Waals surface area (Å²) >= 11 is 3.36. The van der Waals surface area contributed by atoms with E-state index < -0.39 is 6.10 Å². The molecule has 100 valence electrons. The van der Waals surface area contributed by atoms with Crippen LogP contribution in [0.2, 0.25) is 0 Å². The first-order valence-corrected chi connectivity index (χ1v) is 6.64. The molecule has 1 amide bonds. The molecule has 1 aromatic rings. The van der Waals surface area contributed by atoms with Crippen LogP contribution >= 0.6 is 15.9 Å². The average molecular weight is 315 g/mol. The molecule has 0 fully saturated rings. The summed E-state index contributed by atoms with van der Waals surface area (Å²) in [5, 5.41) is 0. The van der Waals surface area contributed by atoms with Gasteiger partial charge in [0.05, 0.1) is 0 Å². The Morgan fingerprint density at radius 3 is 2.72 bits per heavy atom. The molecule has 2 N–H and O–H groups in total. The molecule has 0 heterocycles. The smallest absolute Gasteiger partial charge is 0.263 e. The number of hydrogen-bond donors (Lipinski definition) is 1. The zero-order valence-corrected chi connectivity index (χ0v) is 12.5. The number of benzene rings is 1. The Morgan fingerprint density at radius 1 is 1.50 bits per heavy atom. The fraction of sp³-hybridized carbons (Fsp3) is 0.462. The van der Waals surface area contributed by atoms with Crippen LogP contribution in [0.5, 0.6) is 5.75 Å². The number of hydrogen-bond acceptors (Lipinski definition) is 3. The second-order valence-electron chi connectivity index (χ2n) is 4.25. The van der Waals surface area contributed by atoms with Crippen LogP contribution in [0.15, 0.2) is 28.7 Å². The topological polar surface area (TPSA) is 55.6 Å². The molecule has 1 aromatic carbocycles. The molecule has 5 heteroatoms. The van der Waals surface area contributed by atoms with Crippen LogP contribution in [0.4, 0.5) is 0 Å². The van der Waals surface area contributed by atoms with Gasteiger partial charge < -0.3 is 15.4 Å². The Labute approximate surface area is 116 Å². The quantitative estimate of drug-likeness (QED) is 0.904. The number of nitrogens with zero attached hydrogens (tertiary/aromatic N) is 1. The normalized spacial score (nSPS) is 13.8. The highest BCUT2D eigenvalue weighted by Gasteiger charge is 2.22. The third-order valence-electron chi connectivity index (χ3n) is 2.81. The van der Waals surface area contributed by atoms with Crippen molar-refractivity contribution in [3.63, 3.8) is 0 Å². The number of ether oxygens (including phenoxy) is 1. The molecule has 0 aliphatic carbocycles. The summed E-state index contributed by atoms with van der Waals surface area (Å²) in [6.45, 7) is 4.08. The van der Waals surface area contributed by atoms with E-state index in [1.165, 1.54) is 0 Å². The van der Waals surface area contributed by atoms with Crippen molar-refractivity contribution in [1.29, 1.82) is 0 Å². The minimum atomic E-state index is -0.529. The standard InChI is InChI=1S/C13H19BrN2O2/c1-9(8-15)16(3)13(17)10(2)18-12-6-4-5-11(14)7-12/h4-7,9-10H,8,15H2,1-3H3. The maximum absolute atomic E-state index is 12.1. The number of rotatable bonds is 5. The molecule has 0 aliphatic rings. The van der Waals surface area contributed by atoms with Crippen molar-refractivity contribution in [2.75, 3.05) is 13.6 Å². The van der Waals surface area contributed by atoms with Gasteiger partial charge in [-0.3, -0.25) is 4.79 Å². The Bertz CT molecular complexity index is 412. The molecule has 0 spiro atoms. The summed E-state index contributed by atoms with van der Waals surface area (Å²) in [5.41, 5.74) is 5.54. The van der Waals surface area contributed by atoms with Crippen molar-refractivity contribution >= 4 is 21.8 Å². The fourth-order valence-corrected chi connectivity index (χ4v) is 1.84. The molecule has 0 radical (unpaired) electrons. The average Bonchev–Trinajstić information content (AvgIpc) is 2.36. The second kappa shape index (κ2) is 6.75. The molecule has 18 heavy (non-hydrogen) atoms. The summed E-state index contributed by atoms with van der Waals surface area (Å²) in [7, 11) is 1.74. The van der Waals surface area contributed by atoms with Crippen molar-refractivity contribution in [2.24, 2.45) is 5.73 Å². The van der Waals surface area contributed by atoms with E-state index in [1.807, 2.05) is 31.2 Å². The molecule has 0 aliphatic heterocycles. The fourth-order valence-electron chi connectivity index (χ4n) is 1.46. The van der Waals surface area contributed by atoms with Crippen molar-refractivity contribution in [3.05, 3.63) is 28.7 Å². The number of halogens is 1. The van der Waals surface area contributed by atoms with Crippen LogP contribution in [0.1, 0.15) is 13.8 Å². The number of nitrogens with two attached hydrogens (primary N) is 1. The van der Waals surface area contributed by atoms with E-state index in [0.717, 1.165) is 4.47 Å². The summed E-state index contributed by atoms with van der Waals surface area (Å²) in [5.74, 6) is 0.590. The van der Waals surface area contributed by atoms with Crippen LogP contribution < -0.4 is 10.5 Å². The van der Waals surface area contributed by atoms with Crippen molar-refractivity contribution in [3.8, 4) is 5.75 Å². The molecule has 0 bridgehead atoms. The number of likely N-dealkylation sites (N-methyl/N-ethyl adjacent to an activating group) is 1. The van der Waals surface area contributed by atoms with Gasteiger partial charge >= 0.3 is 0 Å². The molecule has 2 unspecified atom stereocenters. The third-order valence-corrected chi connectivity index (χ3v) is 3.30. The van der Waals surface area contributed by atoms with Gasteiger partial charge in [0, 0.05) is 24.1 Å². The van der Waals surface area contributed by atoms with E-state index in [2.05, 4.69) is 15.9 Å². The molecule has 0 aromatic heterocycles. The number of carbonyl (C=O) groups is 1. The van der Waals surface area contributed by atoms with E-state index >= 15 is 0 Å². The Morgan fingerprint density at radius 2 is 2.17 bits per heavy atom. The maximum atomic E-state index is 12.1. The molecular weight excluding hydrogens is 296 g/mol. The van der Waals surface area contributed by atoms with E-state index in [9.17, 15) is 4.79 Å². The first-order valence-electron chi connectivity index (χ1n) is 5.84. The van der Waals surface area contributed by atoms with Gasteiger partial charge in [0.2, 0.25) is 0 Å². The van der Waals surface area contributed by atoms with Gasteiger partial charge in [-0.15, -0.1) is 0 Å². The van der Waals surface area contributed by atoms with Gasteiger partial charge in [-0.25, -0.2) is 0 Å². The lowest BCUT2D eigenvalue weighted by Crippen LogP contribution is -2.45. The summed E-state index contributed by atoms with van der Waals surface area (Å²) in [4.78, 5) is 13.7. The summed E-state index contributed by atoms with van der Waals surface area (Å²) < 4.78 is 6.53. The Hall–Kier alpha value is -1.07. The Kier molecular flexibility index (Phi) is 5.62. The largest absolute Gasteiger partial charge is 0.481 e. The lowest BCUT2D eigenvalue weighted by atomic mass is 10.2. The van der Waals surface area contributed by atoms with Gasteiger partial charge in [0.25, 0.3) is 5.91 Å². The minimum Gasteiger partial charge on any atom is -0.481 e. The zero-order chi connectivity index (χ0) is 13.7. The van der Waals surface area contributed by atoms with Gasteiger partial charge in [0.1, 0.15) is 5.75 Å². The van der Waals surface area contributed by atoms with Crippen LogP contribution in [0, 0.1) is 0 Å². The lowest BCUT2D eigenvalue weighted by molar-refractivity contribution is -0.138. The molecule has 1 rings (SSSR count). The molecule has 4 nitrogen and oxygen atoms in total. The van der Waals surface area contributed by atoms with Crippen LogP contribution in [0.25, 0.3) is 0 Å². The van der Waals surface area contributed by atoms with E-state index in [1.54, 1.807) is 18.9 Å². The zero-order valence-electron chi connectivity index (χ0n) is 10.9. The molecule has 0 saturated carbocycles. The van der Waals surface area contributed by atoms with Crippen LogP contribution in [-0.4, -0.2) is 36.5 Å². The predicted octanol–water partition coefficient (Wildman–Crippen LogP) is 2.02. The predicted molar refractivity (Wildman–Crippen MR) is 75.5 cm³/mol. The minimum absolute atomic E-state index is 0.00561. The van der Waals surface area contributed by atoms with Gasteiger partial charge in [-0.05, 0) is 32.0 Å². The van der Waals surface area contributed by atoms with E-state index in [4.69, 9.17) is 10.5 Å². The van der Waals surface area contributed by atoms with Gasteiger partial charge in [-0.1, -0.05) is 22.0 Å². The van der Waals surface area contributed by atoms with Crippen molar-refractivity contribution in [2.45, 2.75) is 26.0 Å². The van der Waals surface area contributed by atoms with Gasteiger partial charge in [0.15, 0.2) is 6.10 Å².